The lowest BCUT2D eigenvalue weighted by Crippen LogP contribution is -2.84. The van der Waals surface area contributed by atoms with Gasteiger partial charge >= 0.3 is 0 Å². The van der Waals surface area contributed by atoms with E-state index in [4.69, 9.17) is 0 Å². The quantitative estimate of drug-likeness (QED) is 0.530. The van der Waals surface area contributed by atoms with E-state index in [1.807, 2.05) is 18.2 Å². The summed E-state index contributed by atoms with van der Waals surface area (Å²) in [5, 5.41) is 13.2. The summed E-state index contributed by atoms with van der Waals surface area (Å²) in [5.41, 5.74) is 3.65. The van der Waals surface area contributed by atoms with E-state index in [0.29, 0.717) is 6.54 Å². The van der Waals surface area contributed by atoms with E-state index < -0.39 is 0 Å². The zero-order valence-electron chi connectivity index (χ0n) is 13.9. The number of nitro groups is 1. The monoisotopic (exact) mass is 333 g/mol. The van der Waals surface area contributed by atoms with Crippen LogP contribution in [0.1, 0.15) is 22.7 Å². The van der Waals surface area contributed by atoms with Crippen LogP contribution >= 0.6 is 0 Å². The van der Waals surface area contributed by atoms with Gasteiger partial charge in [-0.25, -0.2) is 0 Å². The standard InChI is InChI=1S/C21H20N2O2/c24-23(25)20-13-7-10-18(14-20)16-22-21(19-11-5-2-6-12-19)15-17-8-3-1-4-9-17/h1-14,21-22H,15-16H2/p+1/t21-/m1/s1. The number of nitro benzene ring substituents is 1. The Labute approximate surface area is 147 Å². The van der Waals surface area contributed by atoms with Crippen molar-refractivity contribution in [2.24, 2.45) is 0 Å². The number of quaternary nitrogens is 1. The predicted octanol–water partition coefficient (Wildman–Crippen LogP) is 3.64. The van der Waals surface area contributed by atoms with Crippen LogP contribution in [-0.2, 0) is 13.0 Å². The highest BCUT2D eigenvalue weighted by molar-refractivity contribution is 5.33. The normalized spacial score (nSPS) is 11.8. The van der Waals surface area contributed by atoms with Gasteiger partial charge in [0.25, 0.3) is 5.69 Å². The van der Waals surface area contributed by atoms with E-state index in [2.05, 4.69) is 53.8 Å². The first-order valence-corrected chi connectivity index (χ1v) is 8.38. The maximum absolute atomic E-state index is 10.9. The van der Waals surface area contributed by atoms with E-state index >= 15 is 0 Å². The Morgan fingerprint density at radius 2 is 1.48 bits per heavy atom. The molecular formula is C21H21N2O2+. The highest BCUT2D eigenvalue weighted by atomic mass is 16.6. The topological polar surface area (TPSA) is 59.8 Å². The number of non-ortho nitro benzene ring substituents is 1. The van der Waals surface area contributed by atoms with Gasteiger partial charge in [-0.2, -0.15) is 0 Å². The number of hydrogen-bond acceptors (Lipinski definition) is 2. The lowest BCUT2D eigenvalue weighted by atomic mass is 9.98. The van der Waals surface area contributed by atoms with Crippen LogP contribution < -0.4 is 5.32 Å². The summed E-state index contributed by atoms with van der Waals surface area (Å²) >= 11 is 0. The Morgan fingerprint density at radius 1 is 0.840 bits per heavy atom. The Balaban J connectivity index is 1.76. The van der Waals surface area contributed by atoms with Gasteiger partial charge < -0.3 is 5.32 Å². The molecule has 2 N–H and O–H groups in total. The molecule has 3 aromatic carbocycles. The number of hydrogen-bond donors (Lipinski definition) is 1. The molecule has 0 unspecified atom stereocenters. The van der Waals surface area contributed by atoms with Gasteiger partial charge in [0.05, 0.1) is 4.92 Å². The van der Waals surface area contributed by atoms with Crippen LogP contribution in [0.2, 0.25) is 0 Å². The van der Waals surface area contributed by atoms with Gasteiger partial charge in [0.2, 0.25) is 0 Å². The first-order chi connectivity index (χ1) is 12.2. The molecule has 3 aromatic rings. The summed E-state index contributed by atoms with van der Waals surface area (Å²) in [7, 11) is 0. The Kier molecular flexibility index (Phi) is 5.54. The van der Waals surface area contributed by atoms with Crippen LogP contribution in [0.3, 0.4) is 0 Å². The third-order valence-electron chi connectivity index (χ3n) is 4.29. The first-order valence-electron chi connectivity index (χ1n) is 8.38. The fraction of sp³-hybridized carbons (Fsp3) is 0.143. The molecule has 0 aliphatic rings. The predicted molar refractivity (Wildman–Crippen MR) is 98.1 cm³/mol. The van der Waals surface area contributed by atoms with Crippen molar-refractivity contribution < 1.29 is 10.2 Å². The molecular weight excluding hydrogens is 312 g/mol. The lowest BCUT2D eigenvalue weighted by Gasteiger charge is -2.16. The third kappa shape index (κ3) is 4.75. The molecule has 0 aromatic heterocycles. The van der Waals surface area contributed by atoms with Crippen molar-refractivity contribution in [3.63, 3.8) is 0 Å². The highest BCUT2D eigenvalue weighted by Gasteiger charge is 2.16. The summed E-state index contributed by atoms with van der Waals surface area (Å²) in [6.07, 6.45) is 0.916. The molecule has 3 rings (SSSR count). The SMILES string of the molecule is O=[N+]([O-])c1cccc(C[NH2+][C@H](Cc2ccccc2)c2ccccc2)c1. The summed E-state index contributed by atoms with van der Waals surface area (Å²) in [6, 6.07) is 27.9. The van der Waals surface area contributed by atoms with Crippen LogP contribution in [0.15, 0.2) is 84.9 Å². The van der Waals surface area contributed by atoms with Gasteiger partial charge in [-0.05, 0) is 5.56 Å². The molecule has 0 aliphatic carbocycles. The van der Waals surface area contributed by atoms with Crippen LogP contribution in [0, 0.1) is 10.1 Å². The van der Waals surface area contributed by atoms with Gasteiger partial charge in [0, 0.05) is 29.7 Å². The molecule has 126 valence electrons. The van der Waals surface area contributed by atoms with Gasteiger partial charge in [-0.15, -0.1) is 0 Å². The highest BCUT2D eigenvalue weighted by Crippen LogP contribution is 2.16. The fourth-order valence-corrected chi connectivity index (χ4v) is 2.98. The van der Waals surface area contributed by atoms with Gasteiger partial charge in [0.1, 0.15) is 12.6 Å². The van der Waals surface area contributed by atoms with Crippen molar-refractivity contribution >= 4 is 5.69 Å². The Morgan fingerprint density at radius 3 is 2.16 bits per heavy atom. The number of benzene rings is 3. The number of rotatable bonds is 7. The van der Waals surface area contributed by atoms with Crippen LogP contribution in [0.5, 0.6) is 0 Å². The van der Waals surface area contributed by atoms with Crippen molar-refractivity contribution in [1.82, 2.24) is 0 Å². The number of nitrogens with zero attached hydrogens (tertiary/aromatic N) is 1. The molecule has 1 atom stereocenters. The minimum Gasteiger partial charge on any atom is -0.336 e. The van der Waals surface area contributed by atoms with Gasteiger partial charge in [0.15, 0.2) is 0 Å². The summed E-state index contributed by atoms with van der Waals surface area (Å²) < 4.78 is 0. The summed E-state index contributed by atoms with van der Waals surface area (Å²) in [4.78, 5) is 10.6. The largest absolute Gasteiger partial charge is 0.336 e. The molecule has 4 heteroatoms. The fourth-order valence-electron chi connectivity index (χ4n) is 2.98. The Hall–Kier alpha value is -2.98. The van der Waals surface area contributed by atoms with E-state index in [-0.39, 0.29) is 16.7 Å². The molecule has 0 bridgehead atoms. The van der Waals surface area contributed by atoms with Crippen molar-refractivity contribution in [3.05, 3.63) is 112 Å². The van der Waals surface area contributed by atoms with Crippen LogP contribution in [0.4, 0.5) is 5.69 Å². The summed E-state index contributed by atoms with van der Waals surface area (Å²) in [6.45, 7) is 0.702. The van der Waals surface area contributed by atoms with Crippen LogP contribution in [0.25, 0.3) is 0 Å². The average Bonchev–Trinajstić information content (AvgIpc) is 2.67. The molecule has 0 heterocycles. The second-order valence-corrected chi connectivity index (χ2v) is 6.07. The minimum absolute atomic E-state index is 0.144. The van der Waals surface area contributed by atoms with Crippen molar-refractivity contribution in [2.75, 3.05) is 0 Å². The molecule has 4 nitrogen and oxygen atoms in total. The maximum atomic E-state index is 10.9. The van der Waals surface area contributed by atoms with E-state index in [0.717, 1.165) is 12.0 Å². The Bertz CT molecular complexity index is 820. The van der Waals surface area contributed by atoms with E-state index in [9.17, 15) is 10.1 Å². The molecule has 0 fully saturated rings. The average molecular weight is 333 g/mol. The van der Waals surface area contributed by atoms with Crippen LogP contribution in [-0.4, -0.2) is 4.92 Å². The second-order valence-electron chi connectivity index (χ2n) is 6.07. The molecule has 0 radical (unpaired) electrons. The van der Waals surface area contributed by atoms with Crippen molar-refractivity contribution in [2.45, 2.75) is 19.0 Å². The molecule has 0 spiro atoms. The zero-order valence-corrected chi connectivity index (χ0v) is 13.9. The second kappa shape index (κ2) is 8.22. The van der Waals surface area contributed by atoms with E-state index in [1.165, 1.54) is 17.2 Å². The first kappa shape index (κ1) is 16.9. The van der Waals surface area contributed by atoms with Gasteiger partial charge in [-0.3, -0.25) is 10.1 Å². The molecule has 25 heavy (non-hydrogen) atoms. The van der Waals surface area contributed by atoms with Crippen molar-refractivity contribution in [3.8, 4) is 0 Å². The minimum atomic E-state index is -0.345. The summed E-state index contributed by atoms with van der Waals surface area (Å²) in [5.74, 6) is 0. The molecule has 0 saturated heterocycles. The molecule has 0 saturated carbocycles. The lowest BCUT2D eigenvalue weighted by molar-refractivity contribution is -0.711. The van der Waals surface area contributed by atoms with Gasteiger partial charge in [-0.1, -0.05) is 72.8 Å². The molecule has 0 amide bonds. The zero-order chi connectivity index (χ0) is 17.5. The van der Waals surface area contributed by atoms with Crippen molar-refractivity contribution in [1.29, 1.82) is 0 Å². The number of nitrogens with two attached hydrogens (primary N) is 1. The smallest absolute Gasteiger partial charge is 0.269 e. The molecule has 0 aliphatic heterocycles. The van der Waals surface area contributed by atoms with E-state index in [1.54, 1.807) is 12.1 Å². The third-order valence-corrected chi connectivity index (χ3v) is 4.29. The maximum Gasteiger partial charge on any atom is 0.269 e.